The largest absolute Gasteiger partial charge is 0.466 e. The number of carbonyl (C=O) groups is 1. The Kier molecular flexibility index (Phi) is 10.4. The minimum Gasteiger partial charge on any atom is -0.466 e. The van der Waals surface area contributed by atoms with Crippen molar-refractivity contribution in [3.8, 4) is 0 Å². The van der Waals surface area contributed by atoms with E-state index in [0.717, 1.165) is 51.4 Å². The van der Waals surface area contributed by atoms with Gasteiger partial charge in [-0.15, -0.1) is 0 Å². The van der Waals surface area contributed by atoms with Crippen LogP contribution in [0.2, 0.25) is 0 Å². The summed E-state index contributed by atoms with van der Waals surface area (Å²) < 4.78 is 4.94. The highest BCUT2D eigenvalue weighted by Crippen LogP contribution is 2.37. The molecule has 0 heterocycles. The van der Waals surface area contributed by atoms with E-state index >= 15 is 0 Å². The molecule has 2 atom stereocenters. The number of ether oxygens (including phenoxy) is 1. The molecule has 2 N–H and O–H groups in total. The maximum absolute atomic E-state index is 12.2. The van der Waals surface area contributed by atoms with Crippen molar-refractivity contribution in [3.63, 3.8) is 0 Å². The second-order valence-electron chi connectivity index (χ2n) is 6.70. The molecule has 142 valence electrons. The van der Waals surface area contributed by atoms with Gasteiger partial charge in [0.05, 0.1) is 7.11 Å². The standard InChI is InChI=1S/C21H34O4/c1-3-4-9-13-18(20(23)25-2)19-14-12-16-21(19,24)15-10-7-5-6-8-11-17-22/h10,12-13,15-16,19,22,24H,3-9,11,14,17H2,1-2H3/t19?,21-/m1/s1. The van der Waals surface area contributed by atoms with Crippen molar-refractivity contribution in [2.75, 3.05) is 13.7 Å². The molecule has 0 aromatic rings. The first-order valence-corrected chi connectivity index (χ1v) is 9.56. The molecule has 0 aliphatic heterocycles. The Hall–Kier alpha value is -1.39. The monoisotopic (exact) mass is 350 g/mol. The van der Waals surface area contributed by atoms with Crippen LogP contribution in [0.4, 0.5) is 0 Å². The molecule has 25 heavy (non-hydrogen) atoms. The van der Waals surface area contributed by atoms with E-state index in [1.165, 1.54) is 7.11 Å². The number of allylic oxidation sites excluding steroid dienone is 3. The summed E-state index contributed by atoms with van der Waals surface area (Å²) in [5, 5.41) is 19.8. The van der Waals surface area contributed by atoms with Gasteiger partial charge in [-0.05, 0) is 32.1 Å². The van der Waals surface area contributed by atoms with Gasteiger partial charge in [0.1, 0.15) is 5.60 Å². The molecule has 0 amide bonds. The van der Waals surface area contributed by atoms with Gasteiger partial charge >= 0.3 is 5.97 Å². The molecule has 0 aromatic heterocycles. The Bertz CT molecular complexity index is 478. The highest BCUT2D eigenvalue weighted by atomic mass is 16.5. The highest BCUT2D eigenvalue weighted by molar-refractivity contribution is 5.89. The normalized spacial score (nSPS) is 23.5. The average Bonchev–Trinajstić information content (AvgIpc) is 2.99. The van der Waals surface area contributed by atoms with Crippen molar-refractivity contribution in [2.45, 2.75) is 70.3 Å². The lowest BCUT2D eigenvalue weighted by molar-refractivity contribution is -0.137. The molecule has 0 bridgehead atoms. The van der Waals surface area contributed by atoms with Crippen LogP contribution < -0.4 is 0 Å². The summed E-state index contributed by atoms with van der Waals surface area (Å²) >= 11 is 0. The third-order valence-electron chi connectivity index (χ3n) is 4.70. The summed E-state index contributed by atoms with van der Waals surface area (Å²) in [7, 11) is 1.39. The first kappa shape index (κ1) is 21.7. The minimum atomic E-state index is -1.11. The SMILES string of the molecule is CCCCC=C(C(=O)OC)C1CC=C[C@]1(O)C=CCCCCCCO. The predicted molar refractivity (Wildman–Crippen MR) is 101 cm³/mol. The van der Waals surface area contributed by atoms with Crippen LogP contribution in [0.25, 0.3) is 0 Å². The van der Waals surface area contributed by atoms with Gasteiger partial charge in [0.2, 0.25) is 0 Å². The first-order valence-electron chi connectivity index (χ1n) is 9.56. The number of carbonyl (C=O) groups excluding carboxylic acids is 1. The molecule has 1 rings (SSSR count). The van der Waals surface area contributed by atoms with Crippen LogP contribution in [0.3, 0.4) is 0 Å². The van der Waals surface area contributed by atoms with E-state index in [9.17, 15) is 9.90 Å². The Labute approximate surface area is 152 Å². The van der Waals surface area contributed by atoms with E-state index in [1.807, 2.05) is 24.3 Å². The molecule has 0 spiro atoms. The topological polar surface area (TPSA) is 66.8 Å². The van der Waals surface area contributed by atoms with Crippen LogP contribution >= 0.6 is 0 Å². The molecular formula is C21H34O4. The molecule has 0 fully saturated rings. The molecule has 4 heteroatoms. The number of aliphatic hydroxyl groups is 2. The van der Waals surface area contributed by atoms with E-state index < -0.39 is 5.60 Å². The molecule has 1 aliphatic rings. The van der Waals surface area contributed by atoms with Gasteiger partial charge in [0.25, 0.3) is 0 Å². The van der Waals surface area contributed by atoms with Crippen molar-refractivity contribution < 1.29 is 19.7 Å². The van der Waals surface area contributed by atoms with Crippen LogP contribution in [0.1, 0.15) is 64.7 Å². The van der Waals surface area contributed by atoms with Gasteiger partial charge in [-0.3, -0.25) is 0 Å². The number of rotatable bonds is 12. The summed E-state index contributed by atoms with van der Waals surface area (Å²) in [6, 6.07) is 0. The Morgan fingerprint density at radius 1 is 1.24 bits per heavy atom. The Morgan fingerprint density at radius 2 is 2.00 bits per heavy atom. The van der Waals surface area contributed by atoms with E-state index in [1.54, 1.807) is 6.08 Å². The third-order valence-corrected chi connectivity index (χ3v) is 4.70. The van der Waals surface area contributed by atoms with Gasteiger partial charge in [0.15, 0.2) is 0 Å². The minimum absolute atomic E-state index is 0.253. The zero-order valence-corrected chi connectivity index (χ0v) is 15.7. The van der Waals surface area contributed by atoms with E-state index in [-0.39, 0.29) is 18.5 Å². The van der Waals surface area contributed by atoms with Crippen LogP contribution in [-0.4, -0.2) is 35.5 Å². The summed E-state index contributed by atoms with van der Waals surface area (Å²) in [4.78, 5) is 12.2. The fraction of sp³-hybridized carbons (Fsp3) is 0.667. The van der Waals surface area contributed by atoms with Crippen molar-refractivity contribution >= 4 is 5.97 Å². The lowest BCUT2D eigenvalue weighted by Crippen LogP contribution is -2.34. The van der Waals surface area contributed by atoms with E-state index in [2.05, 4.69) is 6.92 Å². The van der Waals surface area contributed by atoms with Crippen molar-refractivity contribution in [1.82, 2.24) is 0 Å². The maximum atomic E-state index is 12.2. The zero-order valence-electron chi connectivity index (χ0n) is 15.7. The summed E-state index contributed by atoms with van der Waals surface area (Å²) in [6.45, 7) is 2.37. The van der Waals surface area contributed by atoms with Gasteiger partial charge in [-0.2, -0.15) is 0 Å². The summed E-state index contributed by atoms with van der Waals surface area (Å²) in [5.41, 5.74) is -0.534. The van der Waals surface area contributed by atoms with Crippen LogP contribution in [0, 0.1) is 5.92 Å². The fourth-order valence-electron chi connectivity index (χ4n) is 3.19. The predicted octanol–water partition coefficient (Wildman–Crippen LogP) is 4.08. The first-order chi connectivity index (χ1) is 12.1. The smallest absolute Gasteiger partial charge is 0.333 e. The van der Waals surface area contributed by atoms with Crippen LogP contribution in [-0.2, 0) is 9.53 Å². The lowest BCUT2D eigenvalue weighted by Gasteiger charge is -2.27. The van der Waals surface area contributed by atoms with Crippen LogP contribution in [0.5, 0.6) is 0 Å². The Balaban J connectivity index is 2.70. The molecule has 1 unspecified atom stereocenters. The quantitative estimate of drug-likeness (QED) is 0.241. The number of esters is 1. The summed E-state index contributed by atoms with van der Waals surface area (Å²) in [6.07, 6.45) is 17.9. The van der Waals surface area contributed by atoms with Crippen molar-refractivity contribution in [3.05, 3.63) is 36.0 Å². The second kappa shape index (κ2) is 12.0. The second-order valence-corrected chi connectivity index (χ2v) is 6.70. The molecular weight excluding hydrogens is 316 g/mol. The maximum Gasteiger partial charge on any atom is 0.333 e. The number of hydrogen-bond donors (Lipinski definition) is 2. The van der Waals surface area contributed by atoms with E-state index in [4.69, 9.17) is 9.84 Å². The van der Waals surface area contributed by atoms with Crippen molar-refractivity contribution in [2.24, 2.45) is 5.92 Å². The molecule has 0 saturated carbocycles. The number of unbranched alkanes of at least 4 members (excludes halogenated alkanes) is 6. The molecule has 0 aromatic carbocycles. The van der Waals surface area contributed by atoms with E-state index in [0.29, 0.717) is 12.0 Å². The van der Waals surface area contributed by atoms with Gasteiger partial charge in [-0.25, -0.2) is 4.79 Å². The average molecular weight is 350 g/mol. The molecule has 0 saturated heterocycles. The summed E-state index contributed by atoms with van der Waals surface area (Å²) in [5.74, 6) is -0.622. The number of aliphatic hydroxyl groups excluding tert-OH is 1. The molecule has 1 aliphatic carbocycles. The van der Waals surface area contributed by atoms with Crippen LogP contribution in [0.15, 0.2) is 36.0 Å². The van der Waals surface area contributed by atoms with Gasteiger partial charge < -0.3 is 14.9 Å². The zero-order chi connectivity index (χ0) is 18.5. The van der Waals surface area contributed by atoms with Crippen molar-refractivity contribution in [1.29, 1.82) is 0 Å². The third kappa shape index (κ3) is 7.17. The van der Waals surface area contributed by atoms with Gasteiger partial charge in [-0.1, -0.05) is 63.0 Å². The number of methoxy groups -OCH3 is 1. The number of hydrogen-bond acceptors (Lipinski definition) is 4. The Morgan fingerprint density at radius 3 is 2.68 bits per heavy atom. The lowest BCUT2D eigenvalue weighted by atomic mass is 9.83. The fourth-order valence-corrected chi connectivity index (χ4v) is 3.19. The molecule has 0 radical (unpaired) electrons. The highest BCUT2D eigenvalue weighted by Gasteiger charge is 2.39. The van der Waals surface area contributed by atoms with Gasteiger partial charge in [0, 0.05) is 18.1 Å². The molecule has 4 nitrogen and oxygen atoms in total.